The van der Waals surface area contributed by atoms with Crippen molar-refractivity contribution in [2.75, 3.05) is 12.8 Å². The molecule has 2 N–H and O–H groups in total. The van der Waals surface area contributed by atoms with Crippen LogP contribution in [-0.2, 0) is 4.74 Å². The predicted octanol–water partition coefficient (Wildman–Crippen LogP) is 2.56. The molecule has 3 aromatic rings. The molecule has 0 unspecified atom stereocenters. The van der Waals surface area contributed by atoms with Crippen LogP contribution in [0.15, 0.2) is 30.5 Å². The van der Waals surface area contributed by atoms with Crippen molar-refractivity contribution in [1.82, 2.24) is 14.6 Å². The molecular formula is C14H10ClFN4O2. The number of carbonyl (C=O) groups excluding carboxylic acids is 1. The summed E-state index contributed by atoms with van der Waals surface area (Å²) in [5.41, 5.74) is 6.39. The molecule has 1 aromatic carbocycles. The zero-order chi connectivity index (χ0) is 15.9. The lowest BCUT2D eigenvalue weighted by Gasteiger charge is -2.09. The fourth-order valence-corrected chi connectivity index (χ4v) is 2.35. The van der Waals surface area contributed by atoms with Crippen molar-refractivity contribution in [2.24, 2.45) is 0 Å². The van der Waals surface area contributed by atoms with Gasteiger partial charge < -0.3 is 10.5 Å². The van der Waals surface area contributed by atoms with E-state index >= 15 is 0 Å². The smallest absolute Gasteiger partial charge is 0.342 e. The second-order valence-electron chi connectivity index (χ2n) is 4.46. The van der Waals surface area contributed by atoms with E-state index in [1.165, 1.54) is 16.6 Å². The first-order chi connectivity index (χ1) is 10.5. The lowest BCUT2D eigenvalue weighted by atomic mass is 10.0. The van der Waals surface area contributed by atoms with Crippen LogP contribution in [0.25, 0.3) is 16.8 Å². The number of fused-ring (bicyclic) bond motifs is 1. The van der Waals surface area contributed by atoms with E-state index in [2.05, 4.69) is 14.8 Å². The maximum absolute atomic E-state index is 14.6. The number of esters is 1. The summed E-state index contributed by atoms with van der Waals surface area (Å²) in [4.78, 5) is 15.7. The average Bonchev–Trinajstić information content (AvgIpc) is 2.86. The highest BCUT2D eigenvalue weighted by Crippen LogP contribution is 2.30. The number of carbonyl (C=O) groups is 1. The van der Waals surface area contributed by atoms with Gasteiger partial charge in [0.1, 0.15) is 11.4 Å². The normalized spacial score (nSPS) is 10.9. The molecule has 0 fully saturated rings. The molecule has 22 heavy (non-hydrogen) atoms. The Hall–Kier alpha value is -2.67. The Morgan fingerprint density at radius 2 is 2.18 bits per heavy atom. The van der Waals surface area contributed by atoms with Crippen LogP contribution >= 0.6 is 11.6 Å². The third-order valence-corrected chi connectivity index (χ3v) is 3.46. The second-order valence-corrected chi connectivity index (χ2v) is 4.87. The van der Waals surface area contributed by atoms with Crippen LogP contribution in [0.2, 0.25) is 5.02 Å². The fourth-order valence-electron chi connectivity index (χ4n) is 2.13. The predicted molar refractivity (Wildman–Crippen MR) is 79.1 cm³/mol. The number of nitrogens with two attached hydrogens (primary N) is 1. The number of pyridine rings is 1. The van der Waals surface area contributed by atoms with Gasteiger partial charge >= 0.3 is 5.97 Å². The Bertz CT molecular complexity index is 894. The highest BCUT2D eigenvalue weighted by atomic mass is 35.5. The van der Waals surface area contributed by atoms with Crippen molar-refractivity contribution < 1.29 is 13.9 Å². The molecule has 112 valence electrons. The molecule has 0 spiro atoms. The summed E-state index contributed by atoms with van der Waals surface area (Å²) in [7, 11) is 1.16. The molecule has 8 heteroatoms. The summed E-state index contributed by atoms with van der Waals surface area (Å²) in [6.07, 6.45) is 1.60. The first-order valence-corrected chi connectivity index (χ1v) is 6.57. The van der Waals surface area contributed by atoms with E-state index in [4.69, 9.17) is 17.3 Å². The highest BCUT2D eigenvalue weighted by Gasteiger charge is 2.21. The van der Waals surface area contributed by atoms with Crippen molar-refractivity contribution in [3.63, 3.8) is 0 Å². The Morgan fingerprint density at radius 3 is 2.91 bits per heavy atom. The maximum Gasteiger partial charge on any atom is 0.342 e. The van der Waals surface area contributed by atoms with Gasteiger partial charge in [0.05, 0.1) is 12.1 Å². The van der Waals surface area contributed by atoms with Crippen molar-refractivity contribution in [1.29, 1.82) is 0 Å². The Kier molecular flexibility index (Phi) is 3.42. The number of ether oxygens (including phenoxy) is 1. The van der Waals surface area contributed by atoms with Gasteiger partial charge in [-0.3, -0.25) is 0 Å². The quantitative estimate of drug-likeness (QED) is 0.734. The van der Waals surface area contributed by atoms with E-state index in [0.717, 1.165) is 7.11 Å². The first kappa shape index (κ1) is 14.3. The Morgan fingerprint density at radius 1 is 1.41 bits per heavy atom. The number of nitrogens with zero attached hydrogens (tertiary/aromatic N) is 3. The number of nitrogen functional groups attached to an aromatic ring is 1. The van der Waals surface area contributed by atoms with Crippen LogP contribution in [0.4, 0.5) is 10.3 Å². The molecule has 0 saturated carbocycles. The summed E-state index contributed by atoms with van der Waals surface area (Å²) >= 11 is 5.88. The first-order valence-electron chi connectivity index (χ1n) is 6.20. The van der Waals surface area contributed by atoms with E-state index in [-0.39, 0.29) is 22.1 Å². The number of rotatable bonds is 2. The average molecular weight is 321 g/mol. The molecule has 2 heterocycles. The monoisotopic (exact) mass is 320 g/mol. The van der Waals surface area contributed by atoms with E-state index in [1.54, 1.807) is 18.3 Å². The van der Waals surface area contributed by atoms with Gasteiger partial charge in [0.25, 0.3) is 0 Å². The molecule has 6 nitrogen and oxygen atoms in total. The molecule has 3 rings (SSSR count). The summed E-state index contributed by atoms with van der Waals surface area (Å²) in [5, 5.41) is 3.92. The van der Waals surface area contributed by atoms with E-state index in [0.29, 0.717) is 11.2 Å². The zero-order valence-electron chi connectivity index (χ0n) is 11.4. The van der Waals surface area contributed by atoms with Crippen LogP contribution in [0.3, 0.4) is 0 Å². The Balaban J connectivity index is 2.19. The SMILES string of the molecule is COC(=O)c1c(Cl)ccc(-c2ccn3nc(N)nc3c2)c1F. The molecule has 0 aliphatic rings. The van der Waals surface area contributed by atoms with Gasteiger partial charge in [-0.25, -0.2) is 13.7 Å². The van der Waals surface area contributed by atoms with Crippen LogP contribution in [-0.4, -0.2) is 27.7 Å². The van der Waals surface area contributed by atoms with Gasteiger partial charge in [-0.05, 0) is 29.8 Å². The number of benzene rings is 1. The minimum absolute atomic E-state index is 0.0131. The Labute approximate surface area is 129 Å². The number of anilines is 1. The van der Waals surface area contributed by atoms with E-state index in [1.807, 2.05) is 0 Å². The summed E-state index contributed by atoms with van der Waals surface area (Å²) in [6, 6.07) is 6.16. The molecule has 0 atom stereocenters. The number of hydrogen-bond donors (Lipinski definition) is 1. The summed E-state index contributed by atoms with van der Waals surface area (Å²) in [5.74, 6) is -1.47. The van der Waals surface area contributed by atoms with Gasteiger partial charge in [0.2, 0.25) is 5.95 Å². The zero-order valence-corrected chi connectivity index (χ0v) is 12.1. The van der Waals surface area contributed by atoms with Crippen molar-refractivity contribution >= 4 is 29.2 Å². The highest BCUT2D eigenvalue weighted by molar-refractivity contribution is 6.33. The number of aromatic nitrogens is 3. The largest absolute Gasteiger partial charge is 0.465 e. The maximum atomic E-state index is 14.6. The third kappa shape index (κ3) is 2.25. The molecule has 0 bridgehead atoms. The molecule has 0 aliphatic carbocycles. The van der Waals surface area contributed by atoms with Gasteiger partial charge in [0.15, 0.2) is 5.65 Å². The van der Waals surface area contributed by atoms with Crippen LogP contribution < -0.4 is 5.73 Å². The van der Waals surface area contributed by atoms with Crippen molar-refractivity contribution in [2.45, 2.75) is 0 Å². The number of halogens is 2. The van der Waals surface area contributed by atoms with Crippen LogP contribution in [0.5, 0.6) is 0 Å². The standard InChI is InChI=1S/C14H10ClFN4O2/c1-22-13(21)11-9(15)3-2-8(12(11)16)7-4-5-20-10(6-7)18-14(17)19-20/h2-6H,1H3,(H2,17,19). The van der Waals surface area contributed by atoms with Gasteiger partial charge in [-0.2, -0.15) is 4.98 Å². The van der Waals surface area contributed by atoms with Gasteiger partial charge in [-0.1, -0.05) is 11.6 Å². The second kappa shape index (κ2) is 5.27. The fraction of sp³-hybridized carbons (Fsp3) is 0.0714. The minimum Gasteiger partial charge on any atom is -0.465 e. The molecule has 0 saturated heterocycles. The lowest BCUT2D eigenvalue weighted by molar-refractivity contribution is 0.0596. The molecule has 2 aromatic heterocycles. The lowest BCUT2D eigenvalue weighted by Crippen LogP contribution is -2.06. The number of methoxy groups -OCH3 is 1. The van der Waals surface area contributed by atoms with E-state index in [9.17, 15) is 9.18 Å². The van der Waals surface area contributed by atoms with Crippen LogP contribution in [0.1, 0.15) is 10.4 Å². The molecule has 0 aliphatic heterocycles. The van der Waals surface area contributed by atoms with Crippen LogP contribution in [0, 0.1) is 5.82 Å². The molecule has 0 radical (unpaired) electrons. The van der Waals surface area contributed by atoms with Crippen molar-refractivity contribution in [3.05, 3.63) is 46.9 Å². The van der Waals surface area contributed by atoms with Crippen molar-refractivity contribution in [3.8, 4) is 11.1 Å². The number of hydrogen-bond acceptors (Lipinski definition) is 5. The van der Waals surface area contributed by atoms with Gasteiger partial charge in [-0.15, -0.1) is 5.10 Å². The third-order valence-electron chi connectivity index (χ3n) is 3.15. The minimum atomic E-state index is -0.836. The van der Waals surface area contributed by atoms with Gasteiger partial charge in [0, 0.05) is 11.8 Å². The topological polar surface area (TPSA) is 82.5 Å². The summed E-state index contributed by atoms with van der Waals surface area (Å²) < 4.78 is 20.6. The molecular weight excluding hydrogens is 311 g/mol. The summed E-state index contributed by atoms with van der Waals surface area (Å²) in [6.45, 7) is 0. The van der Waals surface area contributed by atoms with E-state index < -0.39 is 11.8 Å². The molecule has 0 amide bonds.